The summed E-state index contributed by atoms with van der Waals surface area (Å²) < 4.78 is 23.0. The molecule has 0 aliphatic heterocycles. The molecule has 0 radical (unpaired) electrons. The van der Waals surface area contributed by atoms with Gasteiger partial charge >= 0.3 is 0 Å². The van der Waals surface area contributed by atoms with Crippen LogP contribution < -0.4 is 5.73 Å². The van der Waals surface area contributed by atoms with E-state index in [0.717, 1.165) is 0 Å². The Bertz CT molecular complexity index is 588. The third-order valence-electron chi connectivity index (χ3n) is 2.85. The lowest BCUT2D eigenvalue weighted by Gasteiger charge is -2.18. The highest BCUT2D eigenvalue weighted by atomic mass is 35.5. The van der Waals surface area contributed by atoms with Crippen molar-refractivity contribution < 1.29 is 13.2 Å². The first-order valence-electron chi connectivity index (χ1n) is 5.85. The van der Waals surface area contributed by atoms with Gasteiger partial charge in [0.25, 0.3) is 0 Å². The first-order valence-corrected chi connectivity index (χ1v) is 7.88. The smallest absolute Gasteiger partial charge is 0.163 e. The molecule has 0 aliphatic rings. The van der Waals surface area contributed by atoms with E-state index in [1.807, 2.05) is 0 Å². The molecule has 4 nitrogen and oxygen atoms in total. The number of ketones is 1. The first-order chi connectivity index (χ1) is 8.54. The van der Waals surface area contributed by atoms with Crippen LogP contribution in [0.1, 0.15) is 37.6 Å². The van der Waals surface area contributed by atoms with Crippen LogP contribution in [0.4, 0.5) is 5.69 Å². The average molecular weight is 304 g/mol. The number of rotatable bonds is 4. The summed E-state index contributed by atoms with van der Waals surface area (Å²) in [6.07, 6.45) is -0.0557. The number of halogens is 1. The number of carbonyl (C=O) groups excluding carboxylic acids is 1. The fraction of sp³-hybridized carbons (Fsp3) is 0.462. The van der Waals surface area contributed by atoms with Crippen molar-refractivity contribution in [3.05, 3.63) is 28.8 Å². The van der Waals surface area contributed by atoms with Crippen molar-refractivity contribution in [2.45, 2.75) is 31.9 Å². The highest BCUT2D eigenvalue weighted by Crippen LogP contribution is 2.22. The van der Waals surface area contributed by atoms with Gasteiger partial charge in [-0.25, -0.2) is 8.42 Å². The van der Waals surface area contributed by atoms with Gasteiger partial charge in [0.2, 0.25) is 0 Å². The predicted molar refractivity (Wildman–Crippen MR) is 78.4 cm³/mol. The Hall–Kier alpha value is -1.07. The summed E-state index contributed by atoms with van der Waals surface area (Å²) in [5, 5.41) is 0.296. The second-order valence-electron chi connectivity index (χ2n) is 5.34. The molecule has 0 bridgehead atoms. The SMILES string of the molecule is CC(C)(C)S(=O)(=O)CCC(=O)c1ccc(N)c(Cl)c1. The number of Topliss-reactive ketones (excluding diaryl/α,β-unsaturated/α-hetero) is 1. The van der Waals surface area contributed by atoms with Gasteiger partial charge in [0.15, 0.2) is 15.6 Å². The van der Waals surface area contributed by atoms with Crippen molar-refractivity contribution in [1.82, 2.24) is 0 Å². The van der Waals surface area contributed by atoms with Gasteiger partial charge < -0.3 is 5.73 Å². The van der Waals surface area contributed by atoms with Gasteiger partial charge in [-0.05, 0) is 39.0 Å². The summed E-state index contributed by atoms with van der Waals surface area (Å²) in [6.45, 7) is 4.85. The minimum atomic E-state index is -3.30. The Morgan fingerprint density at radius 2 is 1.89 bits per heavy atom. The zero-order chi connectivity index (χ0) is 14.8. The van der Waals surface area contributed by atoms with Crippen LogP contribution in [0.3, 0.4) is 0 Å². The van der Waals surface area contributed by atoms with Crippen LogP contribution in [0, 0.1) is 0 Å². The van der Waals surface area contributed by atoms with E-state index in [2.05, 4.69) is 0 Å². The van der Waals surface area contributed by atoms with E-state index in [0.29, 0.717) is 16.3 Å². The van der Waals surface area contributed by atoms with Gasteiger partial charge in [0, 0.05) is 12.0 Å². The molecule has 0 amide bonds. The van der Waals surface area contributed by atoms with Crippen molar-refractivity contribution in [3.8, 4) is 0 Å². The molecular formula is C13H18ClNO3S. The standard InChI is InChI=1S/C13H18ClNO3S/c1-13(2,3)19(17,18)7-6-12(16)9-4-5-11(15)10(14)8-9/h4-5,8H,6-7,15H2,1-3H3. The second-order valence-corrected chi connectivity index (χ2v) is 8.61. The molecule has 19 heavy (non-hydrogen) atoms. The van der Waals surface area contributed by atoms with Gasteiger partial charge in [-0.3, -0.25) is 4.79 Å². The lowest BCUT2D eigenvalue weighted by molar-refractivity contribution is 0.0988. The van der Waals surface area contributed by atoms with Gasteiger partial charge in [-0.15, -0.1) is 0 Å². The molecule has 0 unspecified atom stereocenters. The summed E-state index contributed by atoms with van der Waals surface area (Å²) in [5.74, 6) is -0.424. The van der Waals surface area contributed by atoms with Crippen LogP contribution in [-0.2, 0) is 9.84 Å². The minimum absolute atomic E-state index is 0.0557. The molecule has 0 heterocycles. The summed E-state index contributed by atoms with van der Waals surface area (Å²) in [5.41, 5.74) is 6.32. The first kappa shape index (κ1) is 16.0. The fourth-order valence-corrected chi connectivity index (χ4v) is 2.63. The summed E-state index contributed by atoms with van der Waals surface area (Å²) >= 11 is 5.83. The van der Waals surface area contributed by atoms with E-state index in [4.69, 9.17) is 17.3 Å². The largest absolute Gasteiger partial charge is 0.398 e. The molecule has 0 saturated heterocycles. The topological polar surface area (TPSA) is 77.2 Å². The number of hydrogen-bond donors (Lipinski definition) is 1. The van der Waals surface area contributed by atoms with Crippen LogP contribution >= 0.6 is 11.6 Å². The van der Waals surface area contributed by atoms with E-state index in [1.54, 1.807) is 26.8 Å². The highest BCUT2D eigenvalue weighted by molar-refractivity contribution is 7.92. The van der Waals surface area contributed by atoms with Gasteiger partial charge in [0.05, 0.1) is 21.2 Å². The molecule has 106 valence electrons. The maximum Gasteiger partial charge on any atom is 0.163 e. The van der Waals surface area contributed by atoms with Crippen LogP contribution in [0.25, 0.3) is 0 Å². The van der Waals surface area contributed by atoms with Crippen molar-refractivity contribution in [3.63, 3.8) is 0 Å². The number of nitrogens with two attached hydrogens (primary N) is 1. The third-order valence-corrected chi connectivity index (χ3v) is 5.79. The molecule has 1 rings (SSSR count). The Kier molecular flexibility index (Phi) is 4.63. The maximum atomic E-state index is 11.9. The van der Waals surface area contributed by atoms with Crippen molar-refractivity contribution >= 4 is 32.9 Å². The van der Waals surface area contributed by atoms with E-state index in [1.165, 1.54) is 12.1 Å². The number of carbonyl (C=O) groups is 1. The van der Waals surface area contributed by atoms with Crippen LogP contribution in [0.5, 0.6) is 0 Å². The fourth-order valence-electron chi connectivity index (χ4n) is 1.38. The minimum Gasteiger partial charge on any atom is -0.398 e. The molecule has 0 atom stereocenters. The van der Waals surface area contributed by atoms with Gasteiger partial charge in [-0.1, -0.05) is 11.6 Å². The van der Waals surface area contributed by atoms with Gasteiger partial charge in [0.1, 0.15) is 0 Å². The normalized spacial score (nSPS) is 12.4. The van der Waals surface area contributed by atoms with Crippen molar-refractivity contribution in [2.24, 2.45) is 0 Å². The summed E-state index contributed by atoms with van der Waals surface area (Å²) in [7, 11) is -3.30. The molecule has 6 heteroatoms. The number of hydrogen-bond acceptors (Lipinski definition) is 4. The van der Waals surface area contributed by atoms with Crippen LogP contribution in [-0.4, -0.2) is 24.7 Å². The molecule has 0 saturated carbocycles. The third kappa shape index (κ3) is 3.94. The zero-order valence-electron chi connectivity index (χ0n) is 11.2. The van der Waals surface area contributed by atoms with E-state index in [9.17, 15) is 13.2 Å². The predicted octanol–water partition coefficient (Wildman–Crippen LogP) is 2.71. The number of anilines is 1. The zero-order valence-corrected chi connectivity index (χ0v) is 12.8. The molecule has 0 aliphatic carbocycles. The van der Waals surface area contributed by atoms with E-state index < -0.39 is 14.6 Å². The van der Waals surface area contributed by atoms with Gasteiger partial charge in [-0.2, -0.15) is 0 Å². The van der Waals surface area contributed by atoms with Crippen molar-refractivity contribution in [1.29, 1.82) is 0 Å². The Labute approximate surface area is 118 Å². The van der Waals surface area contributed by atoms with E-state index >= 15 is 0 Å². The molecule has 1 aromatic carbocycles. The Balaban J connectivity index is 2.79. The maximum absolute atomic E-state index is 11.9. The molecular weight excluding hydrogens is 286 g/mol. The molecule has 0 aromatic heterocycles. The number of benzene rings is 1. The molecule has 0 fully saturated rings. The second kappa shape index (κ2) is 5.51. The Morgan fingerprint density at radius 3 is 2.37 bits per heavy atom. The number of sulfone groups is 1. The number of nitrogen functional groups attached to an aromatic ring is 1. The lowest BCUT2D eigenvalue weighted by atomic mass is 10.1. The Morgan fingerprint density at radius 1 is 1.32 bits per heavy atom. The van der Waals surface area contributed by atoms with Crippen LogP contribution in [0.2, 0.25) is 5.02 Å². The quantitative estimate of drug-likeness (QED) is 0.685. The molecule has 2 N–H and O–H groups in total. The van der Waals surface area contributed by atoms with Crippen molar-refractivity contribution in [2.75, 3.05) is 11.5 Å². The molecule has 1 aromatic rings. The monoisotopic (exact) mass is 303 g/mol. The van der Waals surface area contributed by atoms with Crippen LogP contribution in [0.15, 0.2) is 18.2 Å². The molecule has 0 spiro atoms. The average Bonchev–Trinajstić information content (AvgIpc) is 2.28. The highest BCUT2D eigenvalue weighted by Gasteiger charge is 2.29. The lowest BCUT2D eigenvalue weighted by Crippen LogP contribution is -2.31. The summed E-state index contributed by atoms with van der Waals surface area (Å²) in [4.78, 5) is 11.9. The summed E-state index contributed by atoms with van der Waals surface area (Å²) in [6, 6.07) is 4.55. The van der Waals surface area contributed by atoms with E-state index in [-0.39, 0.29) is 18.0 Å².